The maximum absolute atomic E-state index is 12.7. The van der Waals surface area contributed by atoms with E-state index in [1.807, 2.05) is 11.8 Å². The van der Waals surface area contributed by atoms with Gasteiger partial charge in [-0.05, 0) is 38.0 Å². The first-order valence-electron chi connectivity index (χ1n) is 17.1. The van der Waals surface area contributed by atoms with Gasteiger partial charge in [0.25, 0.3) is 0 Å². The van der Waals surface area contributed by atoms with Crippen LogP contribution in [0.15, 0.2) is 12.7 Å². The van der Waals surface area contributed by atoms with Crippen molar-refractivity contribution in [3.8, 4) is 0 Å². The van der Waals surface area contributed by atoms with Crippen molar-refractivity contribution in [2.45, 2.75) is 87.8 Å². The summed E-state index contributed by atoms with van der Waals surface area (Å²) in [4.78, 5) is 75.9. The van der Waals surface area contributed by atoms with E-state index in [0.29, 0.717) is 11.3 Å². The van der Waals surface area contributed by atoms with Crippen LogP contribution in [0.3, 0.4) is 0 Å². The van der Waals surface area contributed by atoms with E-state index in [9.17, 15) is 53.1 Å². The van der Waals surface area contributed by atoms with Crippen molar-refractivity contribution in [2.75, 3.05) is 37.8 Å². The molecule has 3 fully saturated rings. The SMILES string of the molecule is CC(C)(COP(=O)(O)OP(=O)(O)OC[C@H]1O[C@@H](n2cnc3c(N)ncnc32)[C@H](O)[C@@H]1OP(=O)(O)O)[C@@H](O)C(=O)NCCC(=O)NCCSC12CCC(CC1)C2. The van der Waals surface area contributed by atoms with Gasteiger partial charge in [0.2, 0.25) is 11.8 Å². The van der Waals surface area contributed by atoms with Gasteiger partial charge in [-0.15, -0.1) is 0 Å². The van der Waals surface area contributed by atoms with Crippen LogP contribution in [0.4, 0.5) is 5.82 Å². The van der Waals surface area contributed by atoms with E-state index in [4.69, 9.17) is 19.5 Å². The Morgan fingerprint density at radius 2 is 1.78 bits per heavy atom. The fraction of sp³-hybridized carbons (Fsp3) is 0.750. The number of nitrogens with one attached hydrogen (secondary N) is 2. The van der Waals surface area contributed by atoms with Crippen LogP contribution >= 0.6 is 35.2 Å². The highest BCUT2D eigenvalue weighted by atomic mass is 32.2. The van der Waals surface area contributed by atoms with E-state index in [0.717, 1.165) is 28.9 Å². The molecule has 2 aromatic heterocycles. The number of carbonyl (C=O) groups is 2. The number of thioether (sulfide) groups is 1. The number of aliphatic hydroxyl groups excluding tert-OH is 2. The number of nitrogens with two attached hydrogens (primary N) is 1. The lowest BCUT2D eigenvalue weighted by atomic mass is 9.87. The number of phosphoric acid groups is 3. The number of nitrogens with zero attached hydrogens (tertiary/aromatic N) is 4. The molecule has 55 heavy (non-hydrogen) atoms. The summed E-state index contributed by atoms with van der Waals surface area (Å²) in [5.74, 6) is 0.394. The van der Waals surface area contributed by atoms with E-state index in [1.54, 1.807) is 0 Å². The Balaban J connectivity index is 1.06. The van der Waals surface area contributed by atoms with Gasteiger partial charge in [-0.2, -0.15) is 16.1 Å². The molecular formula is C28H46N7O16P3S. The average molecular weight is 862 g/mol. The van der Waals surface area contributed by atoms with Gasteiger partial charge in [-0.3, -0.25) is 27.7 Å². The molecule has 3 heterocycles. The number of aromatic nitrogens is 4. The summed E-state index contributed by atoms with van der Waals surface area (Å²) in [5.41, 5.74) is 4.34. The Morgan fingerprint density at radius 3 is 2.44 bits per heavy atom. The number of ether oxygens (including phenoxy) is 1. The predicted molar refractivity (Wildman–Crippen MR) is 191 cm³/mol. The number of anilines is 1. The molecular weight excluding hydrogens is 815 g/mol. The number of nitrogen functional groups attached to an aromatic ring is 1. The Morgan fingerprint density at radius 1 is 1.09 bits per heavy atom. The summed E-state index contributed by atoms with van der Waals surface area (Å²) >= 11 is 1.91. The van der Waals surface area contributed by atoms with Gasteiger partial charge in [-0.25, -0.2) is 28.6 Å². The Hall–Kier alpha value is -2.11. The second kappa shape index (κ2) is 17.4. The molecule has 2 unspecified atom stereocenters. The van der Waals surface area contributed by atoms with Crippen LogP contribution in [0.5, 0.6) is 0 Å². The maximum atomic E-state index is 12.7. The summed E-state index contributed by atoms with van der Waals surface area (Å²) in [6, 6.07) is 0. The van der Waals surface area contributed by atoms with Gasteiger partial charge in [0.05, 0.1) is 19.5 Å². The van der Waals surface area contributed by atoms with Crippen LogP contribution in [-0.2, 0) is 45.9 Å². The number of phosphoric ester groups is 3. The summed E-state index contributed by atoms with van der Waals surface area (Å²) in [5, 5.41) is 26.7. The van der Waals surface area contributed by atoms with Crippen molar-refractivity contribution in [1.29, 1.82) is 0 Å². The first-order chi connectivity index (χ1) is 25.6. The zero-order valence-electron chi connectivity index (χ0n) is 29.8. The monoisotopic (exact) mass is 861 g/mol. The number of carbonyl (C=O) groups excluding carboxylic acids is 2. The number of rotatable bonds is 20. The van der Waals surface area contributed by atoms with Crippen molar-refractivity contribution in [3.05, 3.63) is 12.7 Å². The average Bonchev–Trinajstić information content (AvgIpc) is 3.88. The number of aliphatic hydroxyl groups is 2. The minimum atomic E-state index is -5.54. The van der Waals surface area contributed by atoms with E-state index in [-0.39, 0.29) is 35.9 Å². The molecule has 3 aliphatic rings. The van der Waals surface area contributed by atoms with Gasteiger partial charge in [-0.1, -0.05) is 13.8 Å². The van der Waals surface area contributed by atoms with Gasteiger partial charge < -0.3 is 50.9 Å². The highest BCUT2D eigenvalue weighted by Gasteiger charge is 2.50. The number of imidazole rings is 1. The molecule has 2 aliphatic carbocycles. The molecule has 2 aromatic rings. The van der Waals surface area contributed by atoms with Crippen molar-refractivity contribution in [3.63, 3.8) is 0 Å². The normalized spacial score (nSPS) is 28.2. The molecule has 2 amide bonds. The molecule has 1 saturated heterocycles. The first kappa shape index (κ1) is 44.0. The third-order valence-electron chi connectivity index (χ3n) is 9.59. The van der Waals surface area contributed by atoms with Crippen LogP contribution in [0.1, 0.15) is 58.6 Å². The molecule has 5 rings (SSSR count). The molecule has 7 atom stereocenters. The quantitative estimate of drug-likeness (QED) is 0.0645. The third-order valence-corrected chi connectivity index (χ3v) is 14.3. The van der Waals surface area contributed by atoms with E-state index >= 15 is 0 Å². The summed E-state index contributed by atoms with van der Waals surface area (Å²) in [7, 11) is -16.3. The fourth-order valence-corrected chi connectivity index (χ4v) is 11.1. The molecule has 0 spiro atoms. The van der Waals surface area contributed by atoms with Crippen LogP contribution in [0.25, 0.3) is 11.2 Å². The zero-order chi connectivity index (χ0) is 40.4. The van der Waals surface area contributed by atoms with Crippen molar-refractivity contribution in [1.82, 2.24) is 30.2 Å². The van der Waals surface area contributed by atoms with E-state index < -0.39 is 78.6 Å². The zero-order valence-corrected chi connectivity index (χ0v) is 33.3. The van der Waals surface area contributed by atoms with Crippen LogP contribution in [0, 0.1) is 11.3 Å². The maximum Gasteiger partial charge on any atom is 0.481 e. The topological polar surface area (TPSA) is 347 Å². The van der Waals surface area contributed by atoms with Gasteiger partial charge in [0.1, 0.15) is 36.3 Å². The van der Waals surface area contributed by atoms with Crippen molar-refractivity contribution < 1.29 is 75.7 Å². The van der Waals surface area contributed by atoms with Crippen LogP contribution < -0.4 is 16.4 Å². The lowest BCUT2D eigenvalue weighted by Crippen LogP contribution is -2.46. The Labute approximate surface area is 318 Å². The first-order valence-corrected chi connectivity index (χ1v) is 22.6. The molecule has 310 valence electrons. The largest absolute Gasteiger partial charge is 0.481 e. The summed E-state index contributed by atoms with van der Waals surface area (Å²) < 4.78 is 62.6. The van der Waals surface area contributed by atoms with E-state index in [1.165, 1.54) is 46.0 Å². The Kier molecular flexibility index (Phi) is 13.9. The second-order valence-corrected chi connectivity index (χ2v) is 20.0. The minimum absolute atomic E-state index is 0.0319. The summed E-state index contributed by atoms with van der Waals surface area (Å²) in [6.45, 7) is 1.01. The molecule has 2 saturated carbocycles. The van der Waals surface area contributed by atoms with Crippen molar-refractivity contribution >= 4 is 64.0 Å². The smallest absolute Gasteiger partial charge is 0.386 e. The predicted octanol–water partition coefficient (Wildman–Crippen LogP) is 0.471. The lowest BCUT2D eigenvalue weighted by molar-refractivity contribution is -0.137. The number of hydrogen-bond donors (Lipinski definition) is 9. The Bertz CT molecular complexity index is 1840. The number of fused-ring (bicyclic) bond motifs is 3. The molecule has 27 heteroatoms. The van der Waals surface area contributed by atoms with Crippen LogP contribution in [0.2, 0.25) is 0 Å². The van der Waals surface area contributed by atoms with Gasteiger partial charge >= 0.3 is 23.5 Å². The minimum Gasteiger partial charge on any atom is -0.386 e. The molecule has 0 aromatic carbocycles. The van der Waals surface area contributed by atoms with Crippen molar-refractivity contribution in [2.24, 2.45) is 11.3 Å². The summed E-state index contributed by atoms with van der Waals surface area (Å²) in [6.07, 6.45) is -0.427. The molecule has 23 nitrogen and oxygen atoms in total. The lowest BCUT2D eigenvalue weighted by Gasteiger charge is -2.30. The second-order valence-electron chi connectivity index (χ2n) is 14.2. The standard InChI is InChI=1S/C28H46N7O16P3S/c1-27(2,22(38)25(39)31-8-5-18(36)30-9-10-55-28-6-3-16(11-28)4-7-28)13-48-54(45,46)51-53(43,44)47-12-17-21(50-52(40,41)42)20(37)26(49-17)35-15-34-19-23(29)32-14-33-24(19)35/h14-17,20-22,26,37-38H,3-13H2,1-2H3,(H,30,36)(H,31,39)(H,43,44)(H,45,46)(H2,29,32,33)(H2,40,41,42)/t16?,17-,20-,21-,22+,26-,28?/m1/s1. The molecule has 1 aliphatic heterocycles. The highest BCUT2D eigenvalue weighted by Crippen LogP contribution is 2.61. The molecule has 0 radical (unpaired) electrons. The number of amides is 2. The molecule has 2 bridgehead atoms. The third kappa shape index (κ3) is 11.5. The van der Waals surface area contributed by atoms with Gasteiger partial charge in [0, 0.05) is 35.4 Å². The number of hydrogen-bond acceptors (Lipinski definition) is 17. The van der Waals surface area contributed by atoms with Gasteiger partial charge in [0.15, 0.2) is 17.7 Å². The highest BCUT2D eigenvalue weighted by molar-refractivity contribution is 8.00. The van der Waals surface area contributed by atoms with Crippen LogP contribution in [-0.4, -0.2) is 122 Å². The van der Waals surface area contributed by atoms with E-state index in [2.05, 4.69) is 34.4 Å². The fourth-order valence-electron chi connectivity index (χ4n) is 6.74. The molecule has 10 N–H and O–H groups in total.